The summed E-state index contributed by atoms with van der Waals surface area (Å²) in [4.78, 5) is 35.1. The quantitative estimate of drug-likeness (QED) is 0.374. The lowest BCUT2D eigenvalue weighted by molar-refractivity contribution is -0.385. The first kappa shape index (κ1) is 23.6. The number of hydrogen-bond acceptors (Lipinski definition) is 6. The van der Waals surface area contributed by atoms with Crippen molar-refractivity contribution in [3.05, 3.63) is 92.5 Å². The molecule has 0 unspecified atom stereocenters. The Hall–Kier alpha value is -4.11. The molecule has 10 heteroatoms. The van der Waals surface area contributed by atoms with Gasteiger partial charge < -0.3 is 20.1 Å². The van der Waals surface area contributed by atoms with Crippen LogP contribution in [0.15, 0.2) is 60.7 Å². The highest BCUT2D eigenvalue weighted by Gasteiger charge is 2.19. The lowest BCUT2D eigenvalue weighted by atomic mass is 10.1. The Morgan fingerprint density at radius 3 is 2.39 bits per heavy atom. The molecular weight excluding hydrogens is 450 g/mol. The standard InChI is InChI=1S/C23H20ClN3O6/c1-25-22(28)15-5-3-4-14(10-15)13-26-23(29)16-6-8-20(21(11-16)32-2)33-19-9-7-17(24)12-18(19)27(30)31/h3-12H,13H2,1-2H3,(H,25,28)(H,26,29). The van der Waals surface area contributed by atoms with Crippen LogP contribution < -0.4 is 20.1 Å². The SMILES string of the molecule is CNC(=O)c1cccc(CNC(=O)c2ccc(Oc3ccc(Cl)cc3[N+](=O)[O-])c(OC)c2)c1. The average Bonchev–Trinajstić information content (AvgIpc) is 2.83. The maximum atomic E-state index is 12.6. The molecule has 0 aliphatic carbocycles. The van der Waals surface area contributed by atoms with Gasteiger partial charge in [0, 0.05) is 35.8 Å². The molecule has 0 aliphatic rings. The molecule has 0 bridgehead atoms. The molecule has 0 fully saturated rings. The Bertz CT molecular complexity index is 1210. The maximum absolute atomic E-state index is 12.6. The number of methoxy groups -OCH3 is 1. The van der Waals surface area contributed by atoms with E-state index in [4.69, 9.17) is 21.1 Å². The number of nitro benzene ring substituents is 1. The Morgan fingerprint density at radius 1 is 0.970 bits per heavy atom. The van der Waals surface area contributed by atoms with Crippen molar-refractivity contribution >= 4 is 29.1 Å². The van der Waals surface area contributed by atoms with Crippen molar-refractivity contribution in [1.82, 2.24) is 10.6 Å². The van der Waals surface area contributed by atoms with Gasteiger partial charge in [0.15, 0.2) is 11.5 Å². The highest BCUT2D eigenvalue weighted by molar-refractivity contribution is 6.30. The monoisotopic (exact) mass is 469 g/mol. The number of rotatable bonds is 8. The summed E-state index contributed by atoms with van der Waals surface area (Å²) in [5.74, 6) is -0.200. The summed E-state index contributed by atoms with van der Waals surface area (Å²) in [5.41, 5.74) is 1.24. The van der Waals surface area contributed by atoms with Gasteiger partial charge in [-0.05, 0) is 48.0 Å². The molecule has 0 radical (unpaired) electrons. The van der Waals surface area contributed by atoms with E-state index in [0.29, 0.717) is 11.1 Å². The van der Waals surface area contributed by atoms with E-state index in [9.17, 15) is 19.7 Å². The normalized spacial score (nSPS) is 10.3. The molecule has 3 rings (SSSR count). The second kappa shape index (κ2) is 10.5. The topological polar surface area (TPSA) is 120 Å². The van der Waals surface area contributed by atoms with Crippen molar-refractivity contribution in [3.8, 4) is 17.2 Å². The zero-order chi connectivity index (χ0) is 24.0. The number of nitrogens with zero attached hydrogens (tertiary/aromatic N) is 1. The van der Waals surface area contributed by atoms with Crippen LogP contribution in [0.25, 0.3) is 0 Å². The van der Waals surface area contributed by atoms with Crippen LogP contribution in [0.4, 0.5) is 5.69 Å². The molecule has 9 nitrogen and oxygen atoms in total. The maximum Gasteiger partial charge on any atom is 0.313 e. The van der Waals surface area contributed by atoms with Gasteiger partial charge in [-0.2, -0.15) is 0 Å². The third-order valence-corrected chi connectivity index (χ3v) is 4.87. The van der Waals surface area contributed by atoms with Gasteiger partial charge >= 0.3 is 5.69 Å². The second-order valence-electron chi connectivity index (χ2n) is 6.80. The van der Waals surface area contributed by atoms with Crippen molar-refractivity contribution in [2.24, 2.45) is 0 Å². The molecule has 0 aliphatic heterocycles. The minimum absolute atomic E-state index is 0.0177. The summed E-state index contributed by atoms with van der Waals surface area (Å²) in [5, 5.41) is 16.8. The van der Waals surface area contributed by atoms with Gasteiger partial charge in [-0.3, -0.25) is 19.7 Å². The number of halogens is 1. The molecule has 2 amide bonds. The Morgan fingerprint density at radius 2 is 1.70 bits per heavy atom. The lowest BCUT2D eigenvalue weighted by Gasteiger charge is -2.12. The molecule has 0 aromatic heterocycles. The van der Waals surface area contributed by atoms with Crippen molar-refractivity contribution in [3.63, 3.8) is 0 Å². The first-order valence-corrected chi connectivity index (χ1v) is 10.1. The third kappa shape index (κ3) is 5.78. The molecule has 0 atom stereocenters. The van der Waals surface area contributed by atoms with Crippen LogP contribution in [0.1, 0.15) is 26.3 Å². The molecule has 33 heavy (non-hydrogen) atoms. The number of benzene rings is 3. The number of amides is 2. The largest absolute Gasteiger partial charge is 0.493 e. The van der Waals surface area contributed by atoms with E-state index in [1.165, 1.54) is 43.5 Å². The Labute approximate surface area is 194 Å². The summed E-state index contributed by atoms with van der Waals surface area (Å²) < 4.78 is 11.0. The smallest absolute Gasteiger partial charge is 0.313 e. The fraction of sp³-hybridized carbons (Fsp3) is 0.130. The van der Waals surface area contributed by atoms with Gasteiger partial charge in [-0.1, -0.05) is 23.7 Å². The number of carbonyl (C=O) groups is 2. The summed E-state index contributed by atoms with van der Waals surface area (Å²) >= 11 is 5.83. The summed E-state index contributed by atoms with van der Waals surface area (Å²) in [6.45, 7) is 0.210. The van der Waals surface area contributed by atoms with E-state index in [2.05, 4.69) is 10.6 Å². The van der Waals surface area contributed by atoms with Crippen LogP contribution in [-0.4, -0.2) is 30.9 Å². The van der Waals surface area contributed by atoms with Crippen molar-refractivity contribution in [2.45, 2.75) is 6.54 Å². The van der Waals surface area contributed by atoms with Crippen molar-refractivity contribution < 1.29 is 24.0 Å². The van der Waals surface area contributed by atoms with Gasteiger partial charge in [0.05, 0.1) is 12.0 Å². The molecular formula is C23H20ClN3O6. The zero-order valence-corrected chi connectivity index (χ0v) is 18.5. The van der Waals surface area contributed by atoms with Crippen molar-refractivity contribution in [2.75, 3.05) is 14.2 Å². The van der Waals surface area contributed by atoms with Gasteiger partial charge in [0.2, 0.25) is 5.75 Å². The minimum atomic E-state index is -0.603. The van der Waals surface area contributed by atoms with E-state index >= 15 is 0 Å². The number of ether oxygens (including phenoxy) is 2. The molecule has 2 N–H and O–H groups in total. The summed E-state index contributed by atoms with van der Waals surface area (Å²) in [7, 11) is 2.94. The van der Waals surface area contributed by atoms with E-state index < -0.39 is 4.92 Å². The first-order chi connectivity index (χ1) is 15.8. The average molecular weight is 470 g/mol. The lowest BCUT2D eigenvalue weighted by Crippen LogP contribution is -2.23. The number of carbonyl (C=O) groups excluding carboxylic acids is 2. The number of nitrogens with one attached hydrogen (secondary N) is 2. The predicted octanol–water partition coefficient (Wildman–Crippen LogP) is 4.34. The van der Waals surface area contributed by atoms with Crippen LogP contribution in [0.3, 0.4) is 0 Å². The minimum Gasteiger partial charge on any atom is -0.493 e. The van der Waals surface area contributed by atoms with E-state index in [1.54, 1.807) is 31.3 Å². The molecule has 170 valence electrons. The van der Waals surface area contributed by atoms with E-state index in [0.717, 1.165) is 5.56 Å². The first-order valence-electron chi connectivity index (χ1n) is 9.71. The predicted molar refractivity (Wildman–Crippen MR) is 122 cm³/mol. The fourth-order valence-corrected chi connectivity index (χ4v) is 3.15. The van der Waals surface area contributed by atoms with Gasteiger partial charge in [0.1, 0.15) is 0 Å². The molecule has 0 saturated heterocycles. The molecule has 3 aromatic rings. The second-order valence-corrected chi connectivity index (χ2v) is 7.24. The molecule has 0 heterocycles. The van der Waals surface area contributed by atoms with Crippen molar-refractivity contribution in [1.29, 1.82) is 0 Å². The van der Waals surface area contributed by atoms with Gasteiger partial charge in [-0.25, -0.2) is 0 Å². The highest BCUT2D eigenvalue weighted by atomic mass is 35.5. The zero-order valence-electron chi connectivity index (χ0n) is 17.8. The summed E-state index contributed by atoms with van der Waals surface area (Å²) in [6.07, 6.45) is 0. The van der Waals surface area contributed by atoms with E-state index in [-0.39, 0.29) is 46.3 Å². The highest BCUT2D eigenvalue weighted by Crippen LogP contribution is 2.37. The molecule has 0 saturated carbocycles. The van der Waals surface area contributed by atoms with Crippen LogP contribution in [0, 0.1) is 10.1 Å². The Balaban J connectivity index is 1.75. The van der Waals surface area contributed by atoms with Crippen LogP contribution in [-0.2, 0) is 6.54 Å². The van der Waals surface area contributed by atoms with Crippen LogP contribution in [0.2, 0.25) is 5.02 Å². The van der Waals surface area contributed by atoms with E-state index in [1.807, 2.05) is 0 Å². The number of nitro groups is 1. The van der Waals surface area contributed by atoms with Gasteiger partial charge in [-0.15, -0.1) is 0 Å². The third-order valence-electron chi connectivity index (χ3n) is 4.63. The van der Waals surface area contributed by atoms with Gasteiger partial charge in [0.25, 0.3) is 11.8 Å². The van der Waals surface area contributed by atoms with Crippen LogP contribution in [0.5, 0.6) is 17.2 Å². The molecule has 3 aromatic carbocycles. The Kier molecular flexibility index (Phi) is 7.47. The fourth-order valence-electron chi connectivity index (χ4n) is 2.98. The summed E-state index contributed by atoms with van der Waals surface area (Å²) in [6, 6.07) is 15.4. The number of hydrogen-bond donors (Lipinski definition) is 2. The molecule has 0 spiro atoms. The van der Waals surface area contributed by atoms with Crippen LogP contribution >= 0.6 is 11.6 Å².